The molecule has 0 bridgehead atoms. The highest BCUT2D eigenvalue weighted by Crippen LogP contribution is 2.45. The van der Waals surface area contributed by atoms with Crippen LogP contribution in [0.1, 0.15) is 33.6 Å². The third-order valence-corrected chi connectivity index (χ3v) is 11.5. The van der Waals surface area contributed by atoms with Gasteiger partial charge in [0, 0.05) is 35.4 Å². The first-order valence-corrected chi connectivity index (χ1v) is 20.3. The second-order valence-electron chi connectivity index (χ2n) is 15.5. The van der Waals surface area contributed by atoms with E-state index in [0.29, 0.717) is 28.1 Å². The van der Waals surface area contributed by atoms with Gasteiger partial charge in [-0.15, -0.1) is 6.58 Å². The van der Waals surface area contributed by atoms with Crippen LogP contribution in [0.2, 0.25) is 0 Å². The lowest BCUT2D eigenvalue weighted by Gasteiger charge is -2.29. The molecule has 2 saturated heterocycles. The van der Waals surface area contributed by atoms with E-state index >= 15 is 0 Å². The van der Waals surface area contributed by atoms with Crippen molar-refractivity contribution in [3.63, 3.8) is 0 Å². The number of hydrogen-bond acceptors (Lipinski definition) is 11. The fourth-order valence-electron chi connectivity index (χ4n) is 7.10. The largest absolute Gasteiger partial charge is 0.497 e. The number of pyridine rings is 1. The molecule has 2 aliphatic heterocycles. The van der Waals surface area contributed by atoms with E-state index in [1.807, 2.05) is 36.4 Å². The molecule has 3 fully saturated rings. The topological polar surface area (TPSA) is 195 Å². The zero-order valence-corrected chi connectivity index (χ0v) is 33.3. The number of nitrogens with zero attached hydrogens (tertiary/aromatic N) is 2. The minimum atomic E-state index is -4.29. The van der Waals surface area contributed by atoms with Crippen molar-refractivity contribution in [3.05, 3.63) is 97.6 Å². The Bertz CT molecular complexity index is 2350. The molecule has 1 aromatic heterocycles. The second kappa shape index (κ2) is 15.7. The Labute approximate surface area is 336 Å². The van der Waals surface area contributed by atoms with Crippen molar-refractivity contribution < 1.29 is 46.5 Å². The summed E-state index contributed by atoms with van der Waals surface area (Å²) < 4.78 is 51.5. The average Bonchev–Trinajstić information content (AvgIpc) is 4.12. The maximum Gasteiger partial charge on any atom is 0.408 e. The van der Waals surface area contributed by atoms with Crippen molar-refractivity contribution in [2.75, 3.05) is 20.3 Å². The Morgan fingerprint density at radius 3 is 2.33 bits per heavy atom. The Kier molecular flexibility index (Phi) is 10.9. The first-order valence-electron chi connectivity index (χ1n) is 18.8. The Hall–Kier alpha value is -6.00. The van der Waals surface area contributed by atoms with Crippen molar-refractivity contribution in [1.29, 1.82) is 0 Å². The van der Waals surface area contributed by atoms with Crippen molar-refractivity contribution >= 4 is 44.7 Å². The molecule has 4 aromatic rings. The van der Waals surface area contributed by atoms with Gasteiger partial charge in [0.1, 0.15) is 46.9 Å². The Morgan fingerprint density at radius 2 is 1.71 bits per heavy atom. The van der Waals surface area contributed by atoms with Crippen LogP contribution in [-0.4, -0.2) is 97.8 Å². The van der Waals surface area contributed by atoms with Crippen LogP contribution in [0, 0.1) is 5.92 Å². The minimum absolute atomic E-state index is 0.0261. The van der Waals surface area contributed by atoms with Gasteiger partial charge in [0.2, 0.25) is 11.8 Å². The van der Waals surface area contributed by atoms with E-state index in [9.17, 15) is 27.6 Å². The lowest BCUT2D eigenvalue weighted by molar-refractivity contribution is -0.141. The normalized spacial score (nSPS) is 22.9. The van der Waals surface area contributed by atoms with Gasteiger partial charge in [0.15, 0.2) is 0 Å². The SMILES string of the molecule is C=C[C@@H]1C[C@]1(NC(=O)[C@@H]1C[C@@H](Oc2cc(-c3ccccc3)nc3cc(OC)ccc23)CN1C(=O)[C@H](NC(=O)OC(C)(C)C)C1CO1)C(=O)NS(=O)(=O)c1ccccc1. The van der Waals surface area contributed by atoms with E-state index < -0.39 is 75.2 Å². The molecule has 6 atom stereocenters. The van der Waals surface area contributed by atoms with Gasteiger partial charge in [-0.25, -0.2) is 22.9 Å². The molecule has 3 aliphatic rings. The Morgan fingerprint density at radius 1 is 1.02 bits per heavy atom. The molecule has 0 spiro atoms. The van der Waals surface area contributed by atoms with E-state index in [2.05, 4.69) is 21.9 Å². The number of hydrogen-bond donors (Lipinski definition) is 3. The number of rotatable bonds is 13. The molecule has 3 N–H and O–H groups in total. The molecule has 4 amide bonds. The van der Waals surface area contributed by atoms with E-state index in [4.69, 9.17) is 23.9 Å². The van der Waals surface area contributed by atoms with Crippen molar-refractivity contribution in [2.24, 2.45) is 5.92 Å². The van der Waals surface area contributed by atoms with Crippen LogP contribution >= 0.6 is 0 Å². The molecule has 304 valence electrons. The summed E-state index contributed by atoms with van der Waals surface area (Å²) >= 11 is 0. The zero-order chi connectivity index (χ0) is 41.4. The monoisotopic (exact) mass is 811 g/mol. The molecule has 7 rings (SSSR count). The third-order valence-electron chi connectivity index (χ3n) is 10.2. The number of carbonyl (C=O) groups excluding carboxylic acids is 4. The molecule has 15 nitrogen and oxygen atoms in total. The predicted octanol–water partition coefficient (Wildman–Crippen LogP) is 4.12. The van der Waals surface area contributed by atoms with Crippen molar-refractivity contribution in [2.45, 2.75) is 73.9 Å². The van der Waals surface area contributed by atoms with Crippen molar-refractivity contribution in [3.8, 4) is 22.8 Å². The number of fused-ring (bicyclic) bond motifs is 1. The van der Waals surface area contributed by atoms with E-state index in [0.717, 1.165) is 5.56 Å². The molecular formula is C42H45N5O10S. The number of sulfonamides is 1. The van der Waals surface area contributed by atoms with Crippen LogP contribution in [0.5, 0.6) is 11.5 Å². The molecule has 1 aliphatic carbocycles. The summed E-state index contributed by atoms with van der Waals surface area (Å²) in [5.74, 6) is -1.87. The molecule has 1 unspecified atom stereocenters. The maximum atomic E-state index is 14.5. The summed E-state index contributed by atoms with van der Waals surface area (Å²) in [7, 11) is -2.73. The van der Waals surface area contributed by atoms with E-state index in [-0.39, 0.29) is 30.9 Å². The van der Waals surface area contributed by atoms with Gasteiger partial charge >= 0.3 is 6.09 Å². The van der Waals surface area contributed by atoms with Crippen LogP contribution in [0.3, 0.4) is 0 Å². The summed E-state index contributed by atoms with van der Waals surface area (Å²) in [6, 6.07) is 21.6. The van der Waals surface area contributed by atoms with Gasteiger partial charge in [-0.05, 0) is 51.5 Å². The number of carbonyl (C=O) groups is 4. The fraction of sp³-hybridized carbons (Fsp3) is 0.357. The average molecular weight is 812 g/mol. The molecule has 58 heavy (non-hydrogen) atoms. The maximum absolute atomic E-state index is 14.5. The minimum Gasteiger partial charge on any atom is -0.497 e. The molecule has 0 radical (unpaired) electrons. The molecule has 1 saturated carbocycles. The van der Waals surface area contributed by atoms with Crippen LogP contribution < -0.4 is 24.8 Å². The number of amides is 4. The van der Waals surface area contributed by atoms with Gasteiger partial charge in [0.05, 0.1) is 36.4 Å². The van der Waals surface area contributed by atoms with Gasteiger partial charge in [-0.3, -0.25) is 14.4 Å². The van der Waals surface area contributed by atoms with Gasteiger partial charge in [-0.2, -0.15) is 0 Å². The summed E-state index contributed by atoms with van der Waals surface area (Å²) in [5.41, 5.74) is -0.482. The number of aromatic nitrogens is 1. The lowest BCUT2D eigenvalue weighted by atomic mass is 10.1. The van der Waals surface area contributed by atoms with E-state index in [1.54, 1.807) is 52.1 Å². The standard InChI is InChI=1S/C42H45N5O10S/c1-6-26-22-42(26,39(50)46-58(52,53)29-15-11-8-12-16-29)45-37(48)33-20-28(23-47(33)38(49)36(35-24-55-35)44-40(51)57-41(2,3)4)56-34-21-31(25-13-9-7-10-14-25)43-32-19-27(54-5)17-18-30(32)34/h6-19,21,26,28,33,35-36H,1,20,22-24H2,2-5H3,(H,44,51)(H,45,48)(H,46,50)/t26-,28-,33+,35?,36-,42-/m1/s1. The quantitative estimate of drug-likeness (QED) is 0.130. The van der Waals surface area contributed by atoms with Crippen LogP contribution in [-0.2, 0) is 33.9 Å². The molecule has 3 aromatic carbocycles. The zero-order valence-electron chi connectivity index (χ0n) is 32.5. The summed E-state index contributed by atoms with van der Waals surface area (Å²) in [6.07, 6.45) is -0.768. The number of methoxy groups -OCH3 is 1. The van der Waals surface area contributed by atoms with Gasteiger partial charge in [-0.1, -0.05) is 54.6 Å². The number of benzene rings is 3. The first-order chi connectivity index (χ1) is 27.6. The highest BCUT2D eigenvalue weighted by Gasteiger charge is 2.61. The van der Waals surface area contributed by atoms with Crippen LogP contribution in [0.4, 0.5) is 4.79 Å². The lowest BCUT2D eigenvalue weighted by Crippen LogP contribution is -2.59. The number of alkyl carbamates (subject to hydrolysis) is 1. The highest BCUT2D eigenvalue weighted by atomic mass is 32.2. The fourth-order valence-corrected chi connectivity index (χ4v) is 8.16. The van der Waals surface area contributed by atoms with Crippen molar-refractivity contribution in [1.82, 2.24) is 25.2 Å². The predicted molar refractivity (Wildman–Crippen MR) is 212 cm³/mol. The van der Waals surface area contributed by atoms with Crippen LogP contribution in [0.15, 0.2) is 102 Å². The highest BCUT2D eigenvalue weighted by molar-refractivity contribution is 7.90. The molecular weight excluding hydrogens is 767 g/mol. The van der Waals surface area contributed by atoms with Crippen LogP contribution in [0.25, 0.3) is 22.2 Å². The van der Waals surface area contributed by atoms with Gasteiger partial charge in [0.25, 0.3) is 15.9 Å². The first kappa shape index (κ1) is 40.2. The summed E-state index contributed by atoms with van der Waals surface area (Å²) in [4.78, 5) is 61.7. The molecule has 3 heterocycles. The number of epoxide rings is 1. The smallest absolute Gasteiger partial charge is 0.408 e. The summed E-state index contributed by atoms with van der Waals surface area (Å²) in [5, 5.41) is 6.05. The number of ether oxygens (including phenoxy) is 4. The summed E-state index contributed by atoms with van der Waals surface area (Å²) in [6.45, 7) is 8.94. The second-order valence-corrected chi connectivity index (χ2v) is 17.2. The van der Waals surface area contributed by atoms with Gasteiger partial charge < -0.3 is 34.5 Å². The third kappa shape index (κ3) is 8.62. The van der Waals surface area contributed by atoms with E-state index in [1.165, 1.54) is 35.2 Å². The Balaban J connectivity index is 1.20. The number of likely N-dealkylation sites (tertiary alicyclic amines) is 1. The number of nitrogens with one attached hydrogen (secondary N) is 3. The molecule has 16 heteroatoms.